The lowest BCUT2D eigenvalue weighted by molar-refractivity contribution is 0.104. The molecule has 0 aliphatic carbocycles. The van der Waals surface area contributed by atoms with Crippen LogP contribution in [0.1, 0.15) is 23.1 Å². The summed E-state index contributed by atoms with van der Waals surface area (Å²) in [6, 6.07) is 23.5. The van der Waals surface area contributed by atoms with Gasteiger partial charge in [-0.05, 0) is 59.2 Å². The van der Waals surface area contributed by atoms with Gasteiger partial charge in [0.25, 0.3) is 0 Å². The van der Waals surface area contributed by atoms with Crippen LogP contribution < -0.4 is 0 Å². The SMILES string of the molecule is Cc1ccccc1-c1cccc(COCCCO)c1-c1ccccc1C. The highest BCUT2D eigenvalue weighted by molar-refractivity contribution is 5.88. The van der Waals surface area contributed by atoms with Crippen molar-refractivity contribution < 1.29 is 9.84 Å². The quantitative estimate of drug-likeness (QED) is 0.569. The maximum Gasteiger partial charge on any atom is 0.0723 e. The van der Waals surface area contributed by atoms with E-state index in [0.29, 0.717) is 19.6 Å². The third-order valence-electron chi connectivity index (χ3n) is 4.70. The molecular formula is C24H26O2. The zero-order chi connectivity index (χ0) is 18.4. The molecule has 0 saturated heterocycles. The topological polar surface area (TPSA) is 29.5 Å². The molecule has 0 fully saturated rings. The molecule has 0 aliphatic rings. The van der Waals surface area contributed by atoms with Crippen LogP contribution in [0.2, 0.25) is 0 Å². The molecule has 26 heavy (non-hydrogen) atoms. The second kappa shape index (κ2) is 8.79. The van der Waals surface area contributed by atoms with Gasteiger partial charge in [0.1, 0.15) is 0 Å². The van der Waals surface area contributed by atoms with Crippen LogP contribution in [0.3, 0.4) is 0 Å². The zero-order valence-electron chi connectivity index (χ0n) is 15.5. The Kier molecular flexibility index (Phi) is 6.21. The van der Waals surface area contributed by atoms with Crippen molar-refractivity contribution in [3.63, 3.8) is 0 Å². The van der Waals surface area contributed by atoms with Gasteiger partial charge in [0.15, 0.2) is 0 Å². The van der Waals surface area contributed by atoms with Gasteiger partial charge in [-0.1, -0.05) is 66.7 Å². The number of benzene rings is 3. The van der Waals surface area contributed by atoms with Gasteiger partial charge in [-0.3, -0.25) is 0 Å². The van der Waals surface area contributed by atoms with Crippen molar-refractivity contribution >= 4 is 0 Å². The van der Waals surface area contributed by atoms with Crippen molar-refractivity contribution in [2.24, 2.45) is 0 Å². The Morgan fingerprint density at radius 2 is 1.35 bits per heavy atom. The van der Waals surface area contributed by atoms with Crippen LogP contribution >= 0.6 is 0 Å². The van der Waals surface area contributed by atoms with Gasteiger partial charge in [-0.2, -0.15) is 0 Å². The highest BCUT2D eigenvalue weighted by Gasteiger charge is 2.15. The maximum atomic E-state index is 8.98. The molecule has 0 spiro atoms. The average Bonchev–Trinajstić information content (AvgIpc) is 2.66. The second-order valence-electron chi connectivity index (χ2n) is 6.60. The van der Waals surface area contributed by atoms with Crippen LogP contribution in [0.4, 0.5) is 0 Å². The lowest BCUT2D eigenvalue weighted by Crippen LogP contribution is -2.01. The first kappa shape index (κ1) is 18.4. The Morgan fingerprint density at radius 1 is 0.731 bits per heavy atom. The highest BCUT2D eigenvalue weighted by atomic mass is 16.5. The molecule has 0 amide bonds. The van der Waals surface area contributed by atoms with E-state index in [1.807, 2.05) is 0 Å². The third-order valence-corrected chi connectivity index (χ3v) is 4.70. The molecule has 0 unspecified atom stereocenters. The van der Waals surface area contributed by atoms with E-state index in [9.17, 15) is 0 Å². The predicted octanol–water partition coefficient (Wildman–Crippen LogP) is 5.54. The van der Waals surface area contributed by atoms with Crippen LogP contribution in [-0.2, 0) is 11.3 Å². The van der Waals surface area contributed by atoms with E-state index < -0.39 is 0 Å². The molecule has 134 valence electrons. The minimum absolute atomic E-state index is 0.161. The van der Waals surface area contributed by atoms with E-state index in [0.717, 1.165) is 0 Å². The van der Waals surface area contributed by atoms with Gasteiger partial charge in [0, 0.05) is 13.2 Å². The number of hydrogen-bond acceptors (Lipinski definition) is 2. The van der Waals surface area contributed by atoms with Crippen LogP contribution in [0, 0.1) is 13.8 Å². The van der Waals surface area contributed by atoms with Gasteiger partial charge in [0.05, 0.1) is 6.61 Å². The summed E-state index contributed by atoms with van der Waals surface area (Å²) in [6.07, 6.45) is 0.664. The molecule has 0 aromatic heterocycles. The van der Waals surface area contributed by atoms with Crippen molar-refractivity contribution in [1.82, 2.24) is 0 Å². The lowest BCUT2D eigenvalue weighted by atomic mass is 9.87. The Morgan fingerprint density at radius 3 is 2.00 bits per heavy atom. The largest absolute Gasteiger partial charge is 0.396 e. The van der Waals surface area contributed by atoms with E-state index in [1.165, 1.54) is 38.9 Å². The average molecular weight is 346 g/mol. The van der Waals surface area contributed by atoms with Gasteiger partial charge < -0.3 is 9.84 Å². The van der Waals surface area contributed by atoms with E-state index >= 15 is 0 Å². The number of ether oxygens (including phenoxy) is 1. The van der Waals surface area contributed by atoms with E-state index in [2.05, 4.69) is 80.6 Å². The summed E-state index contributed by atoms with van der Waals surface area (Å²) < 4.78 is 5.82. The van der Waals surface area contributed by atoms with Crippen molar-refractivity contribution in [2.45, 2.75) is 26.9 Å². The summed E-state index contributed by atoms with van der Waals surface area (Å²) in [4.78, 5) is 0. The lowest BCUT2D eigenvalue weighted by Gasteiger charge is -2.18. The normalized spacial score (nSPS) is 10.9. The molecule has 0 heterocycles. The Labute approximate surface area is 156 Å². The molecule has 3 aromatic rings. The molecule has 1 N–H and O–H groups in total. The fourth-order valence-electron chi connectivity index (χ4n) is 3.34. The zero-order valence-corrected chi connectivity index (χ0v) is 15.5. The fraction of sp³-hybridized carbons (Fsp3) is 0.250. The number of aryl methyl sites for hydroxylation is 2. The number of rotatable bonds is 7. The van der Waals surface area contributed by atoms with Crippen LogP contribution in [0.25, 0.3) is 22.3 Å². The molecule has 0 saturated carbocycles. The fourth-order valence-corrected chi connectivity index (χ4v) is 3.34. The minimum Gasteiger partial charge on any atom is -0.396 e. The molecule has 3 aromatic carbocycles. The van der Waals surface area contributed by atoms with Gasteiger partial charge >= 0.3 is 0 Å². The van der Waals surface area contributed by atoms with Crippen molar-refractivity contribution in [2.75, 3.05) is 13.2 Å². The summed E-state index contributed by atoms with van der Waals surface area (Å²) in [5, 5.41) is 8.98. The minimum atomic E-state index is 0.161. The molecule has 2 heteroatoms. The Bertz CT molecular complexity index is 868. The predicted molar refractivity (Wildman–Crippen MR) is 108 cm³/mol. The molecular weight excluding hydrogens is 320 g/mol. The number of aliphatic hydroxyl groups excluding tert-OH is 1. The monoisotopic (exact) mass is 346 g/mol. The molecule has 0 bridgehead atoms. The first-order valence-corrected chi connectivity index (χ1v) is 9.15. The van der Waals surface area contributed by atoms with E-state index in [1.54, 1.807) is 0 Å². The number of hydrogen-bond donors (Lipinski definition) is 1. The second-order valence-corrected chi connectivity index (χ2v) is 6.60. The molecule has 2 nitrogen and oxygen atoms in total. The molecule has 0 aliphatic heterocycles. The van der Waals surface area contributed by atoms with Crippen molar-refractivity contribution in [3.05, 3.63) is 83.4 Å². The standard InChI is InChI=1S/C24H26O2/c1-18-9-3-5-12-21(18)23-14-7-11-20(17-26-16-8-15-25)24(23)22-13-6-4-10-19(22)2/h3-7,9-14,25H,8,15-17H2,1-2H3. The molecule has 0 radical (unpaired) electrons. The van der Waals surface area contributed by atoms with Crippen LogP contribution in [0.15, 0.2) is 66.7 Å². The maximum absolute atomic E-state index is 8.98. The van der Waals surface area contributed by atoms with Crippen LogP contribution in [0.5, 0.6) is 0 Å². The van der Waals surface area contributed by atoms with E-state index in [4.69, 9.17) is 9.84 Å². The van der Waals surface area contributed by atoms with Gasteiger partial charge in [-0.25, -0.2) is 0 Å². The summed E-state index contributed by atoms with van der Waals surface area (Å²) in [5.41, 5.74) is 8.67. The Balaban J connectivity index is 2.13. The van der Waals surface area contributed by atoms with E-state index in [-0.39, 0.29) is 6.61 Å². The van der Waals surface area contributed by atoms with Gasteiger partial charge in [-0.15, -0.1) is 0 Å². The van der Waals surface area contributed by atoms with Gasteiger partial charge in [0.2, 0.25) is 0 Å². The first-order chi connectivity index (χ1) is 12.7. The summed E-state index contributed by atoms with van der Waals surface area (Å²) in [5.74, 6) is 0. The smallest absolute Gasteiger partial charge is 0.0723 e. The van der Waals surface area contributed by atoms with Crippen molar-refractivity contribution in [3.8, 4) is 22.3 Å². The first-order valence-electron chi connectivity index (χ1n) is 9.15. The third kappa shape index (κ3) is 4.04. The Hall–Kier alpha value is -2.42. The molecule has 0 atom stereocenters. The highest BCUT2D eigenvalue weighted by Crippen LogP contribution is 2.38. The summed E-state index contributed by atoms with van der Waals surface area (Å²) >= 11 is 0. The summed E-state index contributed by atoms with van der Waals surface area (Å²) in [7, 11) is 0. The van der Waals surface area contributed by atoms with Crippen molar-refractivity contribution in [1.29, 1.82) is 0 Å². The number of aliphatic hydroxyl groups is 1. The summed E-state index contributed by atoms with van der Waals surface area (Å²) in [6.45, 7) is 5.58. The molecule has 3 rings (SSSR count). The van der Waals surface area contributed by atoms with Crippen LogP contribution in [-0.4, -0.2) is 18.3 Å².